The van der Waals surface area contributed by atoms with Crippen LogP contribution in [0.25, 0.3) is 11.0 Å². The molecule has 0 aliphatic heterocycles. The summed E-state index contributed by atoms with van der Waals surface area (Å²) >= 11 is 0. The van der Waals surface area contributed by atoms with Gasteiger partial charge in [0.2, 0.25) is 0 Å². The van der Waals surface area contributed by atoms with E-state index in [1.807, 2.05) is 24.3 Å². The second kappa shape index (κ2) is 10.9. The predicted molar refractivity (Wildman–Crippen MR) is 76.2 cm³/mol. The normalized spacial score (nSPS) is 8.50. The molecule has 0 bridgehead atoms. The van der Waals surface area contributed by atoms with Gasteiger partial charge in [0.1, 0.15) is 0 Å². The number of nitrogens with one attached hydrogen (secondary N) is 1. The molecule has 1 radical (unpaired) electrons. The summed E-state index contributed by atoms with van der Waals surface area (Å²) in [5, 5.41) is 20.4. The van der Waals surface area contributed by atoms with Gasteiger partial charge in [-0.15, -0.1) is 0 Å². The van der Waals surface area contributed by atoms with E-state index in [4.69, 9.17) is 0 Å². The van der Waals surface area contributed by atoms with Crippen LogP contribution in [0, 0.1) is 0 Å². The molecule has 0 aliphatic rings. The minimum Gasteiger partial charge on any atom is -0.543 e. The summed E-state index contributed by atoms with van der Waals surface area (Å²) in [6, 6.07) is 11.5. The molecule has 3 aromatic rings. The van der Waals surface area contributed by atoms with Gasteiger partial charge in [0.25, 0.3) is 0 Å². The Hall–Kier alpha value is -2.78. The van der Waals surface area contributed by atoms with E-state index in [2.05, 4.69) is 15.0 Å². The van der Waals surface area contributed by atoms with Crippen LogP contribution in [-0.2, 0) is 17.1 Å². The number of aromatic nitrogens is 3. The maximum atomic E-state index is 10.2. The average Bonchev–Trinajstić information content (AvgIpc) is 2.96. The Labute approximate surface area is 146 Å². The van der Waals surface area contributed by atoms with E-state index in [1.165, 1.54) is 6.07 Å². The monoisotopic (exact) mass is 382 g/mol. The number of carboxylic acid groups (broad SMARTS) is 2. The Kier molecular flexibility index (Phi) is 10.6. The fraction of sp³-hybridized carbons (Fsp3) is 0. The van der Waals surface area contributed by atoms with Crippen molar-refractivity contribution in [2.75, 3.05) is 0 Å². The van der Waals surface area contributed by atoms with Crippen LogP contribution in [0.2, 0.25) is 0 Å². The Morgan fingerprint density at radius 1 is 0.875 bits per heavy atom. The molecule has 131 valence electrons. The van der Waals surface area contributed by atoms with Crippen molar-refractivity contribution in [3.63, 3.8) is 0 Å². The van der Waals surface area contributed by atoms with Crippen molar-refractivity contribution in [2.24, 2.45) is 0 Å². The number of fused-ring (bicyclic) bond motifs is 1. The minimum absolute atomic E-state index is 0. The van der Waals surface area contributed by atoms with Crippen LogP contribution in [0.15, 0.2) is 48.8 Å². The van der Waals surface area contributed by atoms with Crippen LogP contribution in [0.5, 0.6) is 0 Å². The van der Waals surface area contributed by atoms with Gasteiger partial charge in [-0.2, -0.15) is 0 Å². The molecule has 5 N–H and O–H groups in total. The first kappa shape index (κ1) is 23.5. The van der Waals surface area contributed by atoms with Gasteiger partial charge in [-0.25, -0.2) is 9.97 Å². The summed E-state index contributed by atoms with van der Waals surface area (Å²) in [5.41, 5.74) is 1.28. The first-order valence-electron chi connectivity index (χ1n) is 5.86. The number of rotatable bonds is 2. The van der Waals surface area contributed by atoms with Crippen molar-refractivity contribution in [3.8, 4) is 0 Å². The number of imidazole rings is 1. The van der Waals surface area contributed by atoms with Gasteiger partial charge in [0, 0.05) is 0 Å². The number of benzene rings is 1. The van der Waals surface area contributed by atoms with Gasteiger partial charge in [-0.05, 0) is 24.3 Å². The Bertz CT molecular complexity index is 733. The standard InChI is InChI=1S/C7H6N2.C7H5NO4.Cu.2H2O/c1-2-4-7-6(3-1)8-5-9-7;9-6(10)4-2-1-3-5(8-4)7(11)12;;;/h1-5H,(H,8,9);1-3H,(H,9,10)(H,11,12);;2*1H2/q;;+2;;/p-2. The van der Waals surface area contributed by atoms with Gasteiger partial charge in [-0.1, -0.05) is 18.2 Å². The van der Waals surface area contributed by atoms with Gasteiger partial charge in [0.15, 0.2) is 0 Å². The molecule has 0 fully saturated rings. The second-order valence-corrected chi connectivity index (χ2v) is 3.90. The van der Waals surface area contributed by atoms with E-state index < -0.39 is 23.3 Å². The fourth-order valence-corrected chi connectivity index (χ4v) is 1.54. The molecule has 0 amide bonds. The van der Waals surface area contributed by atoms with Crippen molar-refractivity contribution in [1.29, 1.82) is 0 Å². The summed E-state index contributed by atoms with van der Waals surface area (Å²) in [7, 11) is 0. The zero-order chi connectivity index (χ0) is 15.2. The van der Waals surface area contributed by atoms with Crippen LogP contribution in [0.1, 0.15) is 21.0 Å². The number of aromatic amines is 1. The number of hydrogen-bond acceptors (Lipinski definition) is 6. The number of carbonyl (C=O) groups excluding carboxylic acids is 2. The van der Waals surface area contributed by atoms with E-state index in [1.54, 1.807) is 6.33 Å². The molecule has 2 aromatic heterocycles. The van der Waals surface area contributed by atoms with Crippen molar-refractivity contribution in [2.45, 2.75) is 0 Å². The number of carboxylic acids is 2. The number of pyridine rings is 1. The van der Waals surface area contributed by atoms with Crippen molar-refractivity contribution in [1.82, 2.24) is 15.0 Å². The fourth-order valence-electron chi connectivity index (χ4n) is 1.54. The summed E-state index contributed by atoms with van der Waals surface area (Å²) in [6.07, 6.45) is 1.70. The molecule has 3 rings (SSSR count). The summed E-state index contributed by atoms with van der Waals surface area (Å²) in [5.74, 6) is -3.03. The molecule has 0 atom stereocenters. The topological polar surface area (TPSA) is 185 Å². The predicted octanol–water partition coefficient (Wildman–Crippen LogP) is -2.28. The number of carbonyl (C=O) groups is 2. The molecule has 9 nitrogen and oxygen atoms in total. The van der Waals surface area contributed by atoms with Crippen LogP contribution in [0.4, 0.5) is 0 Å². The number of para-hydroxylation sites is 2. The number of nitrogens with zero attached hydrogens (tertiary/aromatic N) is 2. The van der Waals surface area contributed by atoms with Gasteiger partial charge < -0.3 is 35.7 Å². The first-order valence-corrected chi connectivity index (χ1v) is 5.86. The average molecular weight is 383 g/mol. The third-order valence-corrected chi connectivity index (χ3v) is 2.50. The number of hydrogen-bond donors (Lipinski definition) is 1. The van der Waals surface area contributed by atoms with Gasteiger partial charge >= 0.3 is 17.1 Å². The molecular weight excluding hydrogens is 370 g/mol. The van der Waals surface area contributed by atoms with E-state index in [9.17, 15) is 19.8 Å². The van der Waals surface area contributed by atoms with Crippen LogP contribution < -0.4 is 10.2 Å². The van der Waals surface area contributed by atoms with E-state index in [0.717, 1.165) is 23.2 Å². The summed E-state index contributed by atoms with van der Waals surface area (Å²) in [6.45, 7) is 0. The minimum atomic E-state index is -1.52. The molecule has 0 saturated carbocycles. The van der Waals surface area contributed by atoms with E-state index in [0.29, 0.717) is 0 Å². The zero-order valence-electron chi connectivity index (χ0n) is 11.9. The zero-order valence-corrected chi connectivity index (χ0v) is 12.9. The van der Waals surface area contributed by atoms with Crippen molar-refractivity contribution in [3.05, 3.63) is 60.2 Å². The quantitative estimate of drug-likeness (QED) is 0.486. The molecule has 2 heterocycles. The van der Waals surface area contributed by atoms with Crippen molar-refractivity contribution < 1.29 is 47.8 Å². The molecule has 0 spiro atoms. The molecule has 0 aliphatic carbocycles. The SMILES string of the molecule is O.O.O=C([O-])c1cccc(C(=O)[O-])n1.[Cu+2].c1ccc2[nH]cnc2c1. The summed E-state index contributed by atoms with van der Waals surface area (Å²) < 4.78 is 0. The van der Waals surface area contributed by atoms with E-state index >= 15 is 0 Å². The Morgan fingerprint density at radius 3 is 1.92 bits per heavy atom. The molecule has 1 aromatic carbocycles. The maximum absolute atomic E-state index is 10.2. The third-order valence-electron chi connectivity index (χ3n) is 2.50. The maximum Gasteiger partial charge on any atom is 2.00 e. The second-order valence-electron chi connectivity index (χ2n) is 3.90. The molecule has 0 saturated heterocycles. The van der Waals surface area contributed by atoms with Gasteiger partial charge in [0.05, 0.1) is 40.7 Å². The molecular formula is C14H13CuN3O6. The van der Waals surface area contributed by atoms with Crippen molar-refractivity contribution >= 4 is 23.0 Å². The Morgan fingerprint density at radius 2 is 1.42 bits per heavy atom. The van der Waals surface area contributed by atoms with Crippen LogP contribution in [-0.4, -0.2) is 37.8 Å². The van der Waals surface area contributed by atoms with Crippen LogP contribution in [0.3, 0.4) is 0 Å². The molecule has 10 heteroatoms. The molecule has 0 unspecified atom stereocenters. The van der Waals surface area contributed by atoms with Crippen LogP contribution >= 0.6 is 0 Å². The summed E-state index contributed by atoms with van der Waals surface area (Å²) in [4.78, 5) is 30.7. The first-order chi connectivity index (χ1) is 10.1. The number of aromatic carboxylic acids is 2. The Balaban J connectivity index is 0. The van der Waals surface area contributed by atoms with Gasteiger partial charge in [-0.3, -0.25) is 0 Å². The van der Waals surface area contributed by atoms with E-state index in [-0.39, 0.29) is 28.0 Å². The molecule has 24 heavy (non-hydrogen) atoms. The largest absolute Gasteiger partial charge is 2.00 e. The number of H-pyrrole nitrogens is 1. The third kappa shape index (κ3) is 6.15. The smallest absolute Gasteiger partial charge is 0.543 e.